The maximum Gasteiger partial charge on any atom is 0.273 e. The number of methoxy groups -OCH3 is 1. The molecule has 2 fully saturated rings. The molecule has 1 heterocycles. The second kappa shape index (κ2) is 10.2. The molecule has 2 aromatic rings. The Bertz CT molecular complexity index is 1550. The topological polar surface area (TPSA) is 127 Å². The van der Waals surface area contributed by atoms with Crippen molar-refractivity contribution >= 4 is 98.8 Å². The van der Waals surface area contributed by atoms with Crippen LogP contribution in [0.5, 0.6) is 5.75 Å². The molecule has 1 saturated carbocycles. The SMILES string of the molecule is COc1ccc(C(=O)[C@@H](C)N(C(=O)c2ccc([N+](=O)[O-])cc2)N2C(=O)[C@@H]3[C@H](C2=O)[C@@]2(Cl)C(Cl)=C(Cl)[C@@]3(Cl)C2(Cl)Cl)cc1. The summed E-state index contributed by atoms with van der Waals surface area (Å²) < 4.78 is 2.91. The number of hydrogen-bond acceptors (Lipinski definition) is 7. The molecule has 3 amide bonds. The van der Waals surface area contributed by atoms with Crippen LogP contribution in [0.25, 0.3) is 0 Å². The maximum absolute atomic E-state index is 14.1. The Kier molecular flexibility index (Phi) is 7.53. The van der Waals surface area contributed by atoms with Gasteiger partial charge < -0.3 is 4.74 Å². The van der Waals surface area contributed by atoms with Crippen molar-refractivity contribution in [1.29, 1.82) is 0 Å². The van der Waals surface area contributed by atoms with Crippen molar-refractivity contribution in [2.75, 3.05) is 7.11 Å². The van der Waals surface area contributed by atoms with Gasteiger partial charge in [0.25, 0.3) is 23.4 Å². The van der Waals surface area contributed by atoms with Crippen molar-refractivity contribution < 1.29 is 28.8 Å². The van der Waals surface area contributed by atoms with Gasteiger partial charge >= 0.3 is 0 Å². The first kappa shape index (κ1) is 30.8. The number of rotatable bonds is 7. The van der Waals surface area contributed by atoms with E-state index in [0.717, 1.165) is 24.3 Å². The number of nitro groups is 1. The number of nitro benzene ring substituents is 1. The number of amides is 3. The molecule has 1 aliphatic heterocycles. The van der Waals surface area contributed by atoms with Crippen LogP contribution in [-0.2, 0) is 9.59 Å². The van der Waals surface area contributed by atoms with E-state index in [-0.39, 0.29) is 26.9 Å². The predicted octanol–water partition coefficient (Wildman–Crippen LogP) is 5.68. The quantitative estimate of drug-likeness (QED) is 0.120. The van der Waals surface area contributed by atoms with Crippen LogP contribution in [0.15, 0.2) is 58.6 Å². The van der Waals surface area contributed by atoms with Crippen LogP contribution in [0.4, 0.5) is 5.69 Å². The van der Waals surface area contributed by atoms with Crippen molar-refractivity contribution in [3.8, 4) is 5.75 Å². The van der Waals surface area contributed by atoms with Crippen molar-refractivity contribution in [3.63, 3.8) is 0 Å². The summed E-state index contributed by atoms with van der Waals surface area (Å²) in [5.74, 6) is -6.45. The number of ether oxygens (including phenoxy) is 1. The molecule has 16 heteroatoms. The molecular weight excluding hydrogens is 679 g/mol. The Balaban J connectivity index is 1.62. The van der Waals surface area contributed by atoms with Gasteiger partial charge in [-0.05, 0) is 43.3 Å². The molecule has 5 atom stereocenters. The maximum atomic E-state index is 14.1. The van der Waals surface area contributed by atoms with Gasteiger partial charge in [0.15, 0.2) is 10.1 Å². The van der Waals surface area contributed by atoms with Gasteiger partial charge in [0.05, 0.1) is 33.9 Å². The smallest absolute Gasteiger partial charge is 0.273 e. The van der Waals surface area contributed by atoms with E-state index in [1.807, 2.05) is 0 Å². The number of alkyl halides is 4. The average Bonchev–Trinajstić information content (AvgIpc) is 3.35. The van der Waals surface area contributed by atoms with Crippen LogP contribution in [0.3, 0.4) is 0 Å². The Morgan fingerprint density at radius 3 is 1.79 bits per heavy atom. The van der Waals surface area contributed by atoms with E-state index in [1.54, 1.807) is 0 Å². The second-order valence-electron chi connectivity index (χ2n) is 9.79. The number of ketones is 1. The molecule has 2 bridgehead atoms. The molecule has 10 nitrogen and oxygen atoms in total. The normalized spacial score (nSPS) is 28.1. The van der Waals surface area contributed by atoms with E-state index in [4.69, 9.17) is 74.3 Å². The Morgan fingerprint density at radius 1 is 0.905 bits per heavy atom. The number of carbonyl (C=O) groups excluding carboxylic acids is 4. The predicted molar refractivity (Wildman–Crippen MR) is 155 cm³/mol. The zero-order valence-electron chi connectivity index (χ0n) is 21.3. The van der Waals surface area contributed by atoms with Crippen LogP contribution < -0.4 is 4.74 Å². The van der Waals surface area contributed by atoms with Crippen LogP contribution in [-0.4, -0.2) is 65.7 Å². The second-order valence-corrected chi connectivity index (χ2v) is 13.1. The fourth-order valence-corrected chi connectivity index (χ4v) is 8.53. The van der Waals surface area contributed by atoms with Crippen LogP contribution in [0.1, 0.15) is 27.6 Å². The number of hydrazine groups is 1. The van der Waals surface area contributed by atoms with Gasteiger partial charge in [-0.1, -0.05) is 46.4 Å². The number of imide groups is 1. The summed E-state index contributed by atoms with van der Waals surface area (Å²) in [6, 6.07) is 8.80. The average molecular weight is 696 g/mol. The first-order chi connectivity index (χ1) is 19.6. The van der Waals surface area contributed by atoms with Gasteiger partial charge in [-0.25, -0.2) is 5.01 Å². The molecule has 0 unspecified atom stereocenters. The van der Waals surface area contributed by atoms with Gasteiger partial charge in [0.2, 0.25) is 0 Å². The number of carbonyl (C=O) groups is 4. The number of nitrogens with zero attached hydrogens (tertiary/aromatic N) is 3. The van der Waals surface area contributed by atoms with Crippen molar-refractivity contribution in [2.45, 2.75) is 27.0 Å². The first-order valence-corrected chi connectivity index (χ1v) is 14.3. The van der Waals surface area contributed by atoms with Gasteiger partial charge in [-0.2, -0.15) is 5.01 Å². The number of allylic oxidation sites excluding steroid dienone is 2. The summed E-state index contributed by atoms with van der Waals surface area (Å²) in [5, 5.41) is 11.6. The molecule has 0 spiro atoms. The summed E-state index contributed by atoms with van der Waals surface area (Å²) in [6.07, 6.45) is 0. The van der Waals surface area contributed by atoms with Gasteiger partial charge in [-0.15, -0.1) is 23.2 Å². The molecule has 0 aromatic heterocycles. The highest BCUT2D eigenvalue weighted by Gasteiger charge is 2.88. The minimum absolute atomic E-state index is 0.125. The monoisotopic (exact) mass is 693 g/mol. The number of benzene rings is 2. The number of halogens is 6. The molecule has 220 valence electrons. The van der Waals surface area contributed by atoms with Crippen molar-refractivity contribution in [2.24, 2.45) is 11.8 Å². The van der Waals surface area contributed by atoms with Crippen molar-refractivity contribution in [1.82, 2.24) is 10.0 Å². The summed E-state index contributed by atoms with van der Waals surface area (Å²) in [4.78, 5) is 61.9. The minimum Gasteiger partial charge on any atom is -0.497 e. The van der Waals surface area contributed by atoms with Gasteiger partial charge in [-0.3, -0.25) is 29.3 Å². The molecule has 0 radical (unpaired) electrons. The molecule has 2 aromatic carbocycles. The summed E-state index contributed by atoms with van der Waals surface area (Å²) in [5.41, 5.74) is -0.362. The standard InChI is InChI=1S/C26H17Cl6N3O7/c1-11(18(36)12-5-9-15(42-2)10-6-12)33(21(37)13-3-7-14(8-4-13)35(40)41)34-22(38)16-17(23(34)39)25(30)20(28)19(27)24(16,29)26(25,31)32/h3-11,16-17H,1-2H3/t11-,16-,17+,24-,25-/m1/s1. The van der Waals surface area contributed by atoms with Crippen molar-refractivity contribution in [3.05, 3.63) is 79.8 Å². The zero-order valence-corrected chi connectivity index (χ0v) is 25.9. The van der Waals surface area contributed by atoms with E-state index in [1.165, 1.54) is 38.3 Å². The van der Waals surface area contributed by atoms with Crippen LogP contribution in [0.2, 0.25) is 0 Å². The molecular formula is C26H17Cl6N3O7. The molecule has 5 rings (SSSR count). The fourth-order valence-electron chi connectivity index (χ4n) is 5.60. The van der Waals surface area contributed by atoms with E-state index < -0.39 is 60.4 Å². The highest BCUT2D eigenvalue weighted by molar-refractivity contribution is 6.66. The van der Waals surface area contributed by atoms with Gasteiger partial charge in [0, 0.05) is 23.3 Å². The van der Waals surface area contributed by atoms with E-state index in [9.17, 15) is 29.3 Å². The fraction of sp³-hybridized carbons (Fsp3) is 0.308. The third-order valence-electron chi connectivity index (χ3n) is 7.75. The Labute approximate surface area is 268 Å². The lowest BCUT2D eigenvalue weighted by Gasteiger charge is -2.38. The highest BCUT2D eigenvalue weighted by Crippen LogP contribution is 2.77. The number of hydrogen-bond donors (Lipinski definition) is 0. The highest BCUT2D eigenvalue weighted by atomic mass is 35.5. The van der Waals surface area contributed by atoms with E-state index in [0.29, 0.717) is 15.8 Å². The number of non-ortho nitro benzene ring substituents is 1. The Hall–Kier alpha value is -2.60. The largest absolute Gasteiger partial charge is 0.497 e. The zero-order chi connectivity index (χ0) is 31.1. The molecule has 42 heavy (non-hydrogen) atoms. The van der Waals surface area contributed by atoms with E-state index in [2.05, 4.69) is 0 Å². The van der Waals surface area contributed by atoms with Crippen LogP contribution >= 0.6 is 69.6 Å². The summed E-state index contributed by atoms with van der Waals surface area (Å²) in [7, 11) is 1.44. The van der Waals surface area contributed by atoms with E-state index >= 15 is 0 Å². The van der Waals surface area contributed by atoms with Gasteiger partial charge in [0.1, 0.15) is 21.5 Å². The number of Topliss-reactive ketones (excluding diaryl/α,β-unsaturated/α-hetero) is 1. The molecule has 1 saturated heterocycles. The molecule has 0 N–H and O–H groups in total. The summed E-state index contributed by atoms with van der Waals surface area (Å²) in [6.45, 7) is 1.30. The lowest BCUT2D eigenvalue weighted by atomic mass is 9.84. The minimum atomic E-state index is -2.21. The lowest BCUT2D eigenvalue weighted by molar-refractivity contribution is -0.384. The first-order valence-electron chi connectivity index (χ1n) is 12.0. The molecule has 2 aliphatic carbocycles. The Morgan fingerprint density at radius 2 is 1.36 bits per heavy atom. The third-order valence-corrected chi connectivity index (χ3v) is 12.0. The number of fused-ring (bicyclic) bond motifs is 5. The van der Waals surface area contributed by atoms with Crippen LogP contribution in [0, 0.1) is 22.0 Å². The summed E-state index contributed by atoms with van der Waals surface area (Å²) >= 11 is 39.4. The molecule has 3 aliphatic rings. The third kappa shape index (κ3) is 3.85. The lowest BCUT2D eigenvalue weighted by Crippen LogP contribution is -2.59.